The van der Waals surface area contributed by atoms with Crippen molar-refractivity contribution in [2.45, 2.75) is 31.8 Å². The standard InChI is InChI=1S/C15H22N2O2/c1-15(16,14(18)19)13-7-9-17(10-8-13)11-12-5-3-2-4-6-12/h2-6,13H,7-11,16H2,1H3,(H,18,19). The maximum Gasteiger partial charge on any atom is 0.323 e. The van der Waals surface area contributed by atoms with Crippen LogP contribution in [-0.4, -0.2) is 34.6 Å². The maximum absolute atomic E-state index is 11.2. The minimum absolute atomic E-state index is 0.0667. The number of nitrogens with two attached hydrogens (primary N) is 1. The van der Waals surface area contributed by atoms with E-state index >= 15 is 0 Å². The van der Waals surface area contributed by atoms with Gasteiger partial charge in [0.25, 0.3) is 0 Å². The van der Waals surface area contributed by atoms with Gasteiger partial charge in [-0.2, -0.15) is 0 Å². The van der Waals surface area contributed by atoms with Gasteiger partial charge in [-0.15, -0.1) is 0 Å². The summed E-state index contributed by atoms with van der Waals surface area (Å²) in [6, 6.07) is 10.3. The van der Waals surface area contributed by atoms with E-state index in [1.807, 2.05) is 18.2 Å². The lowest BCUT2D eigenvalue weighted by atomic mass is 9.80. The van der Waals surface area contributed by atoms with Crippen molar-refractivity contribution in [3.05, 3.63) is 35.9 Å². The van der Waals surface area contributed by atoms with Crippen LogP contribution in [0.25, 0.3) is 0 Å². The van der Waals surface area contributed by atoms with E-state index in [0.29, 0.717) is 0 Å². The van der Waals surface area contributed by atoms with Gasteiger partial charge in [0.2, 0.25) is 0 Å². The lowest BCUT2D eigenvalue weighted by Crippen LogP contribution is -2.54. The number of rotatable bonds is 4. The third-order valence-electron chi connectivity index (χ3n) is 4.15. The molecule has 4 nitrogen and oxygen atoms in total. The quantitative estimate of drug-likeness (QED) is 0.866. The summed E-state index contributed by atoms with van der Waals surface area (Å²) in [4.78, 5) is 13.5. The van der Waals surface area contributed by atoms with E-state index in [4.69, 9.17) is 10.8 Å². The Labute approximate surface area is 114 Å². The minimum atomic E-state index is -1.10. The van der Waals surface area contributed by atoms with Crippen molar-refractivity contribution in [1.29, 1.82) is 0 Å². The molecule has 19 heavy (non-hydrogen) atoms. The Bertz CT molecular complexity index is 423. The second-order valence-corrected chi connectivity index (χ2v) is 5.62. The highest BCUT2D eigenvalue weighted by atomic mass is 16.4. The number of aliphatic carboxylic acids is 1. The fourth-order valence-corrected chi connectivity index (χ4v) is 2.71. The Morgan fingerprint density at radius 1 is 1.37 bits per heavy atom. The van der Waals surface area contributed by atoms with Gasteiger partial charge in [0, 0.05) is 6.54 Å². The molecular formula is C15H22N2O2. The Balaban J connectivity index is 1.88. The molecule has 0 amide bonds. The SMILES string of the molecule is CC(N)(C(=O)O)C1CCN(Cc2ccccc2)CC1. The summed E-state index contributed by atoms with van der Waals surface area (Å²) in [5, 5.41) is 9.16. The molecule has 3 N–H and O–H groups in total. The second-order valence-electron chi connectivity index (χ2n) is 5.62. The summed E-state index contributed by atoms with van der Waals surface area (Å²) in [5.74, 6) is -0.828. The van der Waals surface area contributed by atoms with Crippen molar-refractivity contribution in [2.24, 2.45) is 11.7 Å². The number of carboxylic acid groups (broad SMARTS) is 1. The Morgan fingerprint density at radius 2 is 1.95 bits per heavy atom. The number of nitrogens with zero attached hydrogens (tertiary/aromatic N) is 1. The van der Waals surface area contributed by atoms with Gasteiger partial charge >= 0.3 is 5.97 Å². The molecule has 0 aliphatic carbocycles. The van der Waals surface area contributed by atoms with Crippen molar-refractivity contribution >= 4 is 5.97 Å². The van der Waals surface area contributed by atoms with Crippen LogP contribution in [0.3, 0.4) is 0 Å². The largest absolute Gasteiger partial charge is 0.480 e. The summed E-state index contributed by atoms with van der Waals surface area (Å²) >= 11 is 0. The number of benzene rings is 1. The Kier molecular flexibility index (Phi) is 4.22. The highest BCUT2D eigenvalue weighted by molar-refractivity contribution is 5.78. The third kappa shape index (κ3) is 3.33. The van der Waals surface area contributed by atoms with E-state index in [2.05, 4.69) is 17.0 Å². The molecular weight excluding hydrogens is 240 g/mol. The topological polar surface area (TPSA) is 66.6 Å². The molecule has 1 aliphatic rings. The molecule has 1 aromatic carbocycles. The van der Waals surface area contributed by atoms with Gasteiger partial charge in [0.15, 0.2) is 0 Å². The Morgan fingerprint density at radius 3 is 2.47 bits per heavy atom. The Hall–Kier alpha value is -1.39. The molecule has 4 heteroatoms. The molecule has 0 saturated carbocycles. The number of piperidine rings is 1. The van der Waals surface area contributed by atoms with Gasteiger partial charge in [-0.3, -0.25) is 9.69 Å². The van der Waals surface area contributed by atoms with Crippen molar-refractivity contribution < 1.29 is 9.90 Å². The average molecular weight is 262 g/mol. The van der Waals surface area contributed by atoms with Crippen LogP contribution in [0.4, 0.5) is 0 Å². The zero-order chi connectivity index (χ0) is 13.9. The van der Waals surface area contributed by atoms with Crippen molar-refractivity contribution in [2.75, 3.05) is 13.1 Å². The first kappa shape index (κ1) is 14.0. The number of likely N-dealkylation sites (tertiary alicyclic amines) is 1. The maximum atomic E-state index is 11.2. The van der Waals surface area contributed by atoms with Gasteiger partial charge in [-0.1, -0.05) is 30.3 Å². The van der Waals surface area contributed by atoms with Crippen LogP contribution in [0.5, 0.6) is 0 Å². The van der Waals surface area contributed by atoms with Gasteiger partial charge in [-0.05, 0) is 44.3 Å². The molecule has 1 unspecified atom stereocenters. The molecule has 0 radical (unpaired) electrons. The average Bonchev–Trinajstić information content (AvgIpc) is 2.40. The molecule has 1 atom stereocenters. The number of hydrogen-bond donors (Lipinski definition) is 2. The number of carboxylic acids is 1. The van der Waals surface area contributed by atoms with Crippen LogP contribution in [0.15, 0.2) is 30.3 Å². The van der Waals surface area contributed by atoms with E-state index in [1.54, 1.807) is 6.92 Å². The first-order valence-electron chi connectivity index (χ1n) is 6.78. The zero-order valence-corrected chi connectivity index (χ0v) is 11.4. The zero-order valence-electron chi connectivity index (χ0n) is 11.4. The summed E-state index contributed by atoms with van der Waals surface area (Å²) < 4.78 is 0. The molecule has 0 aromatic heterocycles. The molecule has 1 heterocycles. The molecule has 2 rings (SSSR count). The lowest BCUT2D eigenvalue weighted by Gasteiger charge is -2.38. The number of hydrogen-bond acceptors (Lipinski definition) is 3. The second kappa shape index (κ2) is 5.72. The molecule has 0 spiro atoms. The molecule has 0 bridgehead atoms. The van der Waals surface area contributed by atoms with E-state index < -0.39 is 11.5 Å². The lowest BCUT2D eigenvalue weighted by molar-refractivity contribution is -0.145. The van der Waals surface area contributed by atoms with E-state index in [-0.39, 0.29) is 5.92 Å². The van der Waals surface area contributed by atoms with E-state index in [9.17, 15) is 4.79 Å². The van der Waals surface area contributed by atoms with Crippen molar-refractivity contribution in [3.63, 3.8) is 0 Å². The van der Waals surface area contributed by atoms with E-state index in [0.717, 1.165) is 32.5 Å². The summed E-state index contributed by atoms with van der Waals surface area (Å²) in [6.45, 7) is 4.40. The monoisotopic (exact) mass is 262 g/mol. The molecule has 104 valence electrons. The minimum Gasteiger partial charge on any atom is -0.480 e. The molecule has 1 aromatic rings. The van der Waals surface area contributed by atoms with E-state index in [1.165, 1.54) is 5.56 Å². The van der Waals surface area contributed by atoms with Crippen LogP contribution in [0, 0.1) is 5.92 Å². The normalized spacial score (nSPS) is 20.9. The van der Waals surface area contributed by atoms with Gasteiger partial charge in [0.05, 0.1) is 0 Å². The molecule has 1 aliphatic heterocycles. The smallest absolute Gasteiger partial charge is 0.323 e. The van der Waals surface area contributed by atoms with Crippen molar-refractivity contribution in [1.82, 2.24) is 4.90 Å². The first-order valence-corrected chi connectivity index (χ1v) is 6.78. The highest BCUT2D eigenvalue weighted by Crippen LogP contribution is 2.27. The summed E-state index contributed by atoms with van der Waals surface area (Å²) in [5.41, 5.74) is 6.12. The van der Waals surface area contributed by atoms with Crippen LogP contribution in [0.2, 0.25) is 0 Å². The van der Waals surface area contributed by atoms with Crippen LogP contribution < -0.4 is 5.73 Å². The first-order chi connectivity index (χ1) is 9.00. The summed E-state index contributed by atoms with van der Waals surface area (Å²) in [6.07, 6.45) is 1.71. The highest BCUT2D eigenvalue weighted by Gasteiger charge is 2.39. The van der Waals surface area contributed by atoms with Crippen LogP contribution in [0.1, 0.15) is 25.3 Å². The molecule has 1 fully saturated rings. The predicted octanol–water partition coefficient (Wildman–Crippen LogP) is 1.70. The van der Waals surface area contributed by atoms with Gasteiger partial charge in [-0.25, -0.2) is 0 Å². The van der Waals surface area contributed by atoms with Gasteiger partial charge < -0.3 is 10.8 Å². The van der Waals surface area contributed by atoms with Gasteiger partial charge in [0.1, 0.15) is 5.54 Å². The summed E-state index contributed by atoms with van der Waals surface area (Å²) in [7, 11) is 0. The predicted molar refractivity (Wildman–Crippen MR) is 74.7 cm³/mol. The van der Waals surface area contributed by atoms with Crippen LogP contribution in [-0.2, 0) is 11.3 Å². The fourth-order valence-electron chi connectivity index (χ4n) is 2.71. The fraction of sp³-hybridized carbons (Fsp3) is 0.533. The number of carbonyl (C=O) groups is 1. The molecule has 1 saturated heterocycles. The third-order valence-corrected chi connectivity index (χ3v) is 4.15. The van der Waals surface area contributed by atoms with Crippen molar-refractivity contribution in [3.8, 4) is 0 Å². The van der Waals surface area contributed by atoms with Crippen LogP contribution >= 0.6 is 0 Å².